The van der Waals surface area contributed by atoms with Crippen LogP contribution in [0.2, 0.25) is 0 Å². The number of thiazole rings is 1. The van der Waals surface area contributed by atoms with Gasteiger partial charge in [0.25, 0.3) is 0 Å². The summed E-state index contributed by atoms with van der Waals surface area (Å²) < 4.78 is 5.27. The van der Waals surface area contributed by atoms with Crippen molar-refractivity contribution in [1.82, 2.24) is 20.8 Å². The Labute approximate surface area is 177 Å². The van der Waals surface area contributed by atoms with Crippen LogP contribution in [-0.2, 0) is 6.54 Å². The summed E-state index contributed by atoms with van der Waals surface area (Å²) >= 11 is 1.67. The minimum Gasteiger partial charge on any atom is -0.361 e. The summed E-state index contributed by atoms with van der Waals surface area (Å²) in [5, 5.41) is 13.9. The van der Waals surface area contributed by atoms with Crippen molar-refractivity contribution in [3.05, 3.63) is 33.1 Å². The van der Waals surface area contributed by atoms with Gasteiger partial charge in [0.05, 0.1) is 17.9 Å². The highest BCUT2D eigenvalue weighted by molar-refractivity contribution is 14.0. The molecule has 0 saturated heterocycles. The summed E-state index contributed by atoms with van der Waals surface area (Å²) in [5.74, 6) is 2.44. The fourth-order valence-corrected chi connectivity index (χ4v) is 3.58. The lowest BCUT2D eigenvalue weighted by Crippen LogP contribution is -2.39. The average Bonchev–Trinajstić information content (AvgIpc) is 3.17. The van der Waals surface area contributed by atoms with Crippen molar-refractivity contribution in [1.29, 1.82) is 0 Å². The van der Waals surface area contributed by atoms with E-state index in [9.17, 15) is 0 Å². The molecule has 6 nitrogen and oxygen atoms in total. The molecule has 0 aromatic carbocycles. The lowest BCUT2D eigenvalue weighted by Gasteiger charge is -2.15. The van der Waals surface area contributed by atoms with Gasteiger partial charge in [0.2, 0.25) is 0 Å². The van der Waals surface area contributed by atoms with Crippen LogP contribution >= 0.6 is 35.3 Å². The number of aliphatic imine (C=N–C) groups is 1. The molecule has 1 unspecified atom stereocenters. The molecule has 2 rings (SSSR count). The predicted octanol–water partition coefficient (Wildman–Crippen LogP) is 4.35. The molecular formula is C18H30IN5OS. The third kappa shape index (κ3) is 6.22. The van der Waals surface area contributed by atoms with Gasteiger partial charge in [-0.3, -0.25) is 0 Å². The van der Waals surface area contributed by atoms with E-state index in [1.807, 2.05) is 13.8 Å². The van der Waals surface area contributed by atoms with Gasteiger partial charge in [-0.05, 0) is 26.7 Å². The quantitative estimate of drug-likeness (QED) is 0.342. The smallest absolute Gasteiger partial charge is 0.191 e. The maximum Gasteiger partial charge on any atom is 0.191 e. The molecule has 0 fully saturated rings. The summed E-state index contributed by atoms with van der Waals surface area (Å²) in [7, 11) is 0. The predicted molar refractivity (Wildman–Crippen MR) is 119 cm³/mol. The average molecular weight is 491 g/mol. The van der Waals surface area contributed by atoms with Gasteiger partial charge in [-0.1, -0.05) is 25.9 Å². The van der Waals surface area contributed by atoms with E-state index >= 15 is 0 Å². The molecule has 2 heterocycles. The van der Waals surface area contributed by atoms with E-state index in [1.54, 1.807) is 11.3 Å². The molecule has 2 aromatic rings. The topological polar surface area (TPSA) is 75.3 Å². The molecule has 26 heavy (non-hydrogen) atoms. The monoisotopic (exact) mass is 491 g/mol. The maximum absolute atomic E-state index is 5.27. The molecule has 0 aliphatic rings. The third-order valence-corrected chi connectivity index (χ3v) is 4.89. The molecule has 1 atom stereocenters. The van der Waals surface area contributed by atoms with Crippen molar-refractivity contribution < 1.29 is 4.52 Å². The van der Waals surface area contributed by atoms with Crippen LogP contribution in [0.5, 0.6) is 0 Å². The summed E-state index contributed by atoms with van der Waals surface area (Å²) in [6, 6.07) is 0. The SMILES string of the molecule is CCNC(=NCc1nc(C(C)C)cs1)NCC(C)c1c(C)noc1C.I. The van der Waals surface area contributed by atoms with E-state index in [1.165, 1.54) is 5.56 Å². The van der Waals surface area contributed by atoms with Crippen molar-refractivity contribution in [2.24, 2.45) is 4.99 Å². The molecule has 8 heteroatoms. The van der Waals surface area contributed by atoms with E-state index in [0.717, 1.165) is 41.2 Å². The molecular weight excluding hydrogens is 461 g/mol. The standard InChI is InChI=1S/C18H29N5OS.HI/c1-7-19-18(21-9-16-22-15(10-25-16)11(2)3)20-8-12(4)17-13(5)23-24-14(17)6;/h10-12H,7-9H2,1-6H3,(H2,19,20,21);1H. The third-order valence-electron chi connectivity index (χ3n) is 4.03. The highest BCUT2D eigenvalue weighted by atomic mass is 127. The Morgan fingerprint density at radius 3 is 2.54 bits per heavy atom. The lowest BCUT2D eigenvalue weighted by atomic mass is 10.00. The van der Waals surface area contributed by atoms with Crippen LogP contribution in [-0.4, -0.2) is 29.2 Å². The van der Waals surface area contributed by atoms with E-state index in [4.69, 9.17) is 4.52 Å². The van der Waals surface area contributed by atoms with Crippen molar-refractivity contribution in [3.63, 3.8) is 0 Å². The number of nitrogens with zero attached hydrogens (tertiary/aromatic N) is 3. The Hall–Kier alpha value is -1.16. The van der Waals surface area contributed by atoms with Crippen LogP contribution in [0.3, 0.4) is 0 Å². The Bertz CT molecular complexity index is 691. The molecule has 0 saturated carbocycles. The summed E-state index contributed by atoms with van der Waals surface area (Å²) in [6.45, 7) is 14.7. The lowest BCUT2D eigenvalue weighted by molar-refractivity contribution is 0.391. The van der Waals surface area contributed by atoms with Crippen LogP contribution in [0.25, 0.3) is 0 Å². The molecule has 146 valence electrons. The van der Waals surface area contributed by atoms with Gasteiger partial charge in [0, 0.05) is 30.0 Å². The van der Waals surface area contributed by atoms with Gasteiger partial charge < -0.3 is 15.2 Å². The number of rotatable bonds is 7. The Kier molecular flexibility index (Phi) is 9.56. The van der Waals surface area contributed by atoms with Crippen LogP contribution in [0.4, 0.5) is 0 Å². The number of hydrogen-bond donors (Lipinski definition) is 2. The second-order valence-corrected chi connectivity index (χ2v) is 7.48. The zero-order chi connectivity index (χ0) is 18.4. The Balaban J connectivity index is 0.00000338. The van der Waals surface area contributed by atoms with E-state index in [2.05, 4.69) is 58.8 Å². The highest BCUT2D eigenvalue weighted by Crippen LogP contribution is 2.22. The number of nitrogens with one attached hydrogen (secondary N) is 2. The molecule has 2 aromatic heterocycles. The van der Waals surface area contributed by atoms with Gasteiger partial charge in [-0.2, -0.15) is 0 Å². The van der Waals surface area contributed by atoms with Crippen LogP contribution in [0.1, 0.15) is 67.2 Å². The van der Waals surface area contributed by atoms with Gasteiger partial charge in [-0.15, -0.1) is 35.3 Å². The Morgan fingerprint density at radius 1 is 1.27 bits per heavy atom. The van der Waals surface area contributed by atoms with E-state index in [0.29, 0.717) is 18.4 Å². The van der Waals surface area contributed by atoms with Gasteiger partial charge in [0.1, 0.15) is 10.8 Å². The van der Waals surface area contributed by atoms with Crippen molar-refractivity contribution in [2.45, 2.75) is 59.9 Å². The molecule has 0 radical (unpaired) electrons. The summed E-state index contributed by atoms with van der Waals surface area (Å²) in [6.07, 6.45) is 0. The van der Waals surface area contributed by atoms with Gasteiger partial charge in [0.15, 0.2) is 5.96 Å². The number of halogens is 1. The largest absolute Gasteiger partial charge is 0.361 e. The number of aryl methyl sites for hydroxylation is 2. The first-order valence-corrected chi connectivity index (χ1v) is 9.69. The van der Waals surface area contributed by atoms with Crippen LogP contribution < -0.4 is 10.6 Å². The maximum atomic E-state index is 5.27. The molecule has 0 aliphatic heterocycles. The first-order chi connectivity index (χ1) is 11.9. The van der Waals surface area contributed by atoms with Crippen molar-refractivity contribution in [3.8, 4) is 0 Å². The fourth-order valence-electron chi connectivity index (χ4n) is 2.70. The minimum atomic E-state index is 0. The number of aromatic nitrogens is 2. The van der Waals surface area contributed by atoms with E-state index in [-0.39, 0.29) is 24.0 Å². The minimum absolute atomic E-state index is 0. The second kappa shape index (κ2) is 10.9. The number of hydrogen-bond acceptors (Lipinski definition) is 5. The number of guanidine groups is 1. The highest BCUT2D eigenvalue weighted by Gasteiger charge is 2.16. The fraction of sp³-hybridized carbons (Fsp3) is 0.611. The van der Waals surface area contributed by atoms with Gasteiger partial charge in [-0.25, -0.2) is 9.98 Å². The van der Waals surface area contributed by atoms with Crippen LogP contribution in [0.15, 0.2) is 14.9 Å². The summed E-state index contributed by atoms with van der Waals surface area (Å²) in [5.41, 5.74) is 3.27. The Morgan fingerprint density at radius 2 is 2.00 bits per heavy atom. The molecule has 0 bridgehead atoms. The van der Waals surface area contributed by atoms with E-state index < -0.39 is 0 Å². The zero-order valence-electron chi connectivity index (χ0n) is 16.4. The zero-order valence-corrected chi connectivity index (χ0v) is 19.6. The molecule has 0 aliphatic carbocycles. The first kappa shape index (κ1) is 22.9. The van der Waals surface area contributed by atoms with Gasteiger partial charge >= 0.3 is 0 Å². The van der Waals surface area contributed by atoms with Crippen LogP contribution in [0, 0.1) is 13.8 Å². The molecule has 2 N–H and O–H groups in total. The normalized spacial score (nSPS) is 12.8. The first-order valence-electron chi connectivity index (χ1n) is 8.81. The van der Waals surface area contributed by atoms with Crippen molar-refractivity contribution in [2.75, 3.05) is 13.1 Å². The molecule has 0 spiro atoms. The second-order valence-electron chi connectivity index (χ2n) is 6.54. The summed E-state index contributed by atoms with van der Waals surface area (Å²) in [4.78, 5) is 9.29. The molecule has 0 amide bonds. The van der Waals surface area contributed by atoms with Crippen molar-refractivity contribution >= 4 is 41.3 Å².